The molecule has 5 amide bonds. The highest BCUT2D eigenvalue weighted by molar-refractivity contribution is 6.05. The van der Waals surface area contributed by atoms with E-state index >= 15 is 0 Å². The molecule has 0 radical (unpaired) electrons. The number of imide groups is 1. The fraction of sp³-hybridized carbons (Fsp3) is 0.619. The number of methoxy groups -OCH3 is 1. The molecule has 0 aromatic heterocycles. The number of nitrogens with zero attached hydrogens (tertiary/aromatic N) is 5. The largest absolute Gasteiger partial charge is 0.493 e. The first-order chi connectivity index (χ1) is 42.4. The van der Waals surface area contributed by atoms with Crippen LogP contribution < -0.4 is 24.3 Å². The number of fused-ring (bicyclic) bond motifs is 4. The summed E-state index contributed by atoms with van der Waals surface area (Å²) >= 11 is 0. The van der Waals surface area contributed by atoms with E-state index in [1.165, 1.54) is 4.90 Å². The smallest absolute Gasteiger partial charge is 0.260 e. The number of Topliss-reactive ketones (excluding diaryl/α,β-unsaturated/α-hetero) is 1. The number of likely N-dealkylation sites (tertiary alicyclic amines) is 1. The second kappa shape index (κ2) is 37.3. The molecule has 7 rings (SSSR count). The van der Waals surface area contributed by atoms with Gasteiger partial charge in [-0.15, -0.1) is 0 Å². The zero-order chi connectivity index (χ0) is 61.6. The molecule has 2 aromatic rings. The van der Waals surface area contributed by atoms with Gasteiger partial charge in [-0.3, -0.25) is 43.7 Å². The van der Waals surface area contributed by atoms with E-state index in [0.29, 0.717) is 184 Å². The van der Waals surface area contributed by atoms with E-state index in [4.69, 9.17) is 61.8 Å². The highest BCUT2D eigenvalue weighted by Crippen LogP contribution is 2.40. The Morgan fingerprint density at radius 1 is 0.506 bits per heavy atom. The maximum absolute atomic E-state index is 13.7. The van der Waals surface area contributed by atoms with Gasteiger partial charge >= 0.3 is 0 Å². The number of carbonyl (C=O) groups excluding carboxylic acids is 6. The Hall–Kier alpha value is -6.64. The normalized spacial score (nSPS) is 17.7. The van der Waals surface area contributed by atoms with Crippen molar-refractivity contribution >= 4 is 59.1 Å². The first-order valence-corrected chi connectivity index (χ1v) is 30.5. The lowest BCUT2D eigenvalue weighted by atomic mass is 10.1. The molecule has 5 aliphatic rings. The van der Waals surface area contributed by atoms with E-state index in [9.17, 15) is 28.8 Å². The number of hydrogen-bond acceptors (Lipinski definition) is 20. The van der Waals surface area contributed by atoms with Gasteiger partial charge in [0.05, 0.1) is 161 Å². The van der Waals surface area contributed by atoms with Crippen LogP contribution in [0.25, 0.3) is 0 Å². The molecule has 1 unspecified atom stereocenters. The minimum absolute atomic E-state index is 0.00882. The van der Waals surface area contributed by atoms with E-state index in [2.05, 4.69) is 10.3 Å². The lowest BCUT2D eigenvalue weighted by Crippen LogP contribution is -2.32. The van der Waals surface area contributed by atoms with Gasteiger partial charge in [0, 0.05) is 88.3 Å². The summed E-state index contributed by atoms with van der Waals surface area (Å²) in [5.41, 5.74) is 4.19. The molecule has 2 aromatic carbocycles. The topological polar surface area (TPSA) is 260 Å². The summed E-state index contributed by atoms with van der Waals surface area (Å²) in [5, 5.41) is 2.91. The molecule has 1 fully saturated rings. The number of ether oxygens (including phenoxy) is 12. The summed E-state index contributed by atoms with van der Waals surface area (Å²) < 4.78 is 68.6. The Kier molecular flexibility index (Phi) is 29.1. The number of rotatable bonds is 45. The minimum atomic E-state index is -0.296. The molecule has 478 valence electrons. The van der Waals surface area contributed by atoms with E-state index in [0.717, 1.165) is 43.3 Å². The second-order valence-corrected chi connectivity index (χ2v) is 21.7. The zero-order valence-corrected chi connectivity index (χ0v) is 51.1. The fourth-order valence-corrected chi connectivity index (χ4v) is 10.00. The van der Waals surface area contributed by atoms with E-state index < -0.39 is 0 Å². The summed E-state index contributed by atoms with van der Waals surface area (Å²) in [6.45, 7) is 13.8. The third kappa shape index (κ3) is 22.2. The maximum Gasteiger partial charge on any atom is 0.260 e. The molecule has 3 atom stereocenters. The number of nitrogens with one attached hydrogen (secondary N) is 1. The van der Waals surface area contributed by atoms with Crippen molar-refractivity contribution in [3.63, 3.8) is 0 Å². The van der Waals surface area contributed by atoms with Gasteiger partial charge in [-0.1, -0.05) is 18.1 Å². The molecule has 5 heterocycles. The Morgan fingerprint density at radius 2 is 0.943 bits per heavy atom. The molecular weight excluding hydrogens is 1130 g/mol. The highest BCUT2D eigenvalue weighted by atomic mass is 16.6. The van der Waals surface area contributed by atoms with Crippen molar-refractivity contribution in [2.75, 3.05) is 146 Å². The number of hydrogen-bond donors (Lipinski definition) is 1. The van der Waals surface area contributed by atoms with Gasteiger partial charge in [-0.05, 0) is 70.9 Å². The molecule has 1 N–H and O–H groups in total. The fourth-order valence-electron chi connectivity index (χ4n) is 10.00. The van der Waals surface area contributed by atoms with Gasteiger partial charge in [0.15, 0.2) is 23.0 Å². The standard InChI is InChI=1S/C63H88N6O18/c1-45-34-48-41-65-53-39-57(55(76-4)37-51(53)62(74)68(48)43-45)85-16-6-5-7-17-86-58-40-54-52(63(75)69-44-46(2)35-49(69)42-66-54)38-56(58)87-18-9-13-64-59(71)12-19-78-21-23-80-25-27-82-29-31-84-33-32-83-30-28-81-26-24-79-22-20-77-15-8-10-50(70)11-14-67-60(72)36-47(3)61(67)73/h37-44,47-49H,5-36H2,1-4H3,(H,64,71)/t47?,48-,49-/m0/s1. The zero-order valence-electron chi connectivity index (χ0n) is 51.1. The Bertz CT molecular complexity index is 2720. The van der Waals surface area contributed by atoms with Crippen molar-refractivity contribution in [3.05, 3.63) is 58.9 Å². The SMILES string of the molecule is COc1cc2c(cc1OCCCCCOc1cc3c(cc1OCCCNC(=O)CCOCCOCCOCCOCCOCCOCCOCCOCCCC(=O)CCN1C(=O)CC(C)C1=O)C(=O)N1C=C(C)C[C@H]1C=N3)N=C[C@@H]1CC(C)=CN1C2=O. The van der Waals surface area contributed by atoms with Gasteiger partial charge < -0.3 is 72.0 Å². The number of unbranched alkanes of at least 4 members (excludes halogenated alkanes) is 2. The molecule has 0 bridgehead atoms. The third-order valence-corrected chi connectivity index (χ3v) is 14.7. The first-order valence-electron chi connectivity index (χ1n) is 30.5. The van der Waals surface area contributed by atoms with Crippen LogP contribution in [0.3, 0.4) is 0 Å². The van der Waals surface area contributed by atoms with Crippen LogP contribution in [0.4, 0.5) is 11.4 Å². The minimum Gasteiger partial charge on any atom is -0.493 e. The quantitative estimate of drug-likeness (QED) is 0.0545. The molecular formula is C63H88N6O18. The average molecular weight is 1220 g/mol. The van der Waals surface area contributed by atoms with Gasteiger partial charge in [0.1, 0.15) is 5.78 Å². The lowest BCUT2D eigenvalue weighted by Gasteiger charge is -2.19. The van der Waals surface area contributed by atoms with Gasteiger partial charge in [-0.25, -0.2) is 0 Å². The monoisotopic (exact) mass is 1220 g/mol. The summed E-state index contributed by atoms with van der Waals surface area (Å²) in [6, 6.07) is 6.68. The maximum atomic E-state index is 13.7. The van der Waals surface area contributed by atoms with Gasteiger partial charge in [0.25, 0.3) is 11.8 Å². The van der Waals surface area contributed by atoms with Crippen molar-refractivity contribution in [3.8, 4) is 23.0 Å². The number of benzene rings is 2. The van der Waals surface area contributed by atoms with Crippen molar-refractivity contribution in [1.82, 2.24) is 20.0 Å². The van der Waals surface area contributed by atoms with Crippen LogP contribution >= 0.6 is 0 Å². The summed E-state index contributed by atoms with van der Waals surface area (Å²) in [4.78, 5) is 89.5. The Morgan fingerprint density at radius 3 is 1.41 bits per heavy atom. The molecule has 0 aliphatic carbocycles. The van der Waals surface area contributed by atoms with Crippen LogP contribution in [-0.2, 0) is 57.1 Å². The van der Waals surface area contributed by atoms with Crippen LogP contribution in [0.5, 0.6) is 23.0 Å². The highest BCUT2D eigenvalue weighted by Gasteiger charge is 2.36. The van der Waals surface area contributed by atoms with Gasteiger partial charge in [-0.2, -0.15) is 0 Å². The third-order valence-electron chi connectivity index (χ3n) is 14.7. The Labute approximate surface area is 510 Å². The van der Waals surface area contributed by atoms with E-state index in [1.54, 1.807) is 48.1 Å². The van der Waals surface area contributed by atoms with E-state index in [-0.39, 0.29) is 92.3 Å². The van der Waals surface area contributed by atoms with Crippen LogP contribution in [0, 0.1) is 5.92 Å². The number of ketones is 1. The van der Waals surface area contributed by atoms with Crippen molar-refractivity contribution in [1.29, 1.82) is 0 Å². The van der Waals surface area contributed by atoms with Crippen molar-refractivity contribution in [2.45, 2.75) is 103 Å². The molecule has 24 heteroatoms. The van der Waals surface area contributed by atoms with Crippen LogP contribution in [0.2, 0.25) is 0 Å². The molecule has 0 spiro atoms. The molecule has 0 saturated carbocycles. The molecule has 24 nitrogen and oxygen atoms in total. The second-order valence-electron chi connectivity index (χ2n) is 21.7. The predicted molar refractivity (Wildman–Crippen MR) is 321 cm³/mol. The van der Waals surface area contributed by atoms with Crippen molar-refractivity contribution in [2.24, 2.45) is 15.9 Å². The average Bonchev–Trinajstić information content (AvgIpc) is 2.37. The molecule has 87 heavy (non-hydrogen) atoms. The van der Waals surface area contributed by atoms with Crippen molar-refractivity contribution < 1.29 is 85.6 Å². The first kappa shape index (κ1) is 67.9. The number of carbonyl (C=O) groups is 6. The molecule has 1 saturated heterocycles. The number of amides is 5. The lowest BCUT2D eigenvalue weighted by molar-refractivity contribution is -0.139. The van der Waals surface area contributed by atoms with Gasteiger partial charge in [0.2, 0.25) is 17.7 Å². The summed E-state index contributed by atoms with van der Waals surface area (Å²) in [6.07, 6.45) is 13.1. The number of aliphatic imine (C=N–C) groups is 2. The predicted octanol–water partition coefficient (Wildman–Crippen LogP) is 6.53. The Balaban J connectivity index is 0.649. The van der Waals surface area contributed by atoms with Crippen LogP contribution in [0.15, 0.2) is 57.8 Å². The summed E-state index contributed by atoms with van der Waals surface area (Å²) in [7, 11) is 1.55. The summed E-state index contributed by atoms with van der Waals surface area (Å²) in [5.74, 6) is 0.790. The molecule has 5 aliphatic heterocycles. The van der Waals surface area contributed by atoms with Crippen LogP contribution in [-0.4, -0.2) is 220 Å². The van der Waals surface area contributed by atoms with Crippen LogP contribution in [0.1, 0.15) is 112 Å². The van der Waals surface area contributed by atoms with E-state index in [1.807, 2.05) is 38.7 Å².